The highest BCUT2D eigenvalue weighted by Crippen LogP contribution is 2.24. The molecule has 4 N–H and O–H groups in total. The van der Waals surface area contributed by atoms with Crippen molar-refractivity contribution >= 4 is 0 Å². The highest BCUT2D eigenvalue weighted by molar-refractivity contribution is 5.58. The molecule has 1 aromatic carbocycles. The lowest BCUT2D eigenvalue weighted by Crippen LogP contribution is -2.28. The van der Waals surface area contributed by atoms with Crippen molar-refractivity contribution in [1.29, 1.82) is 0 Å². The largest absolute Gasteiger partial charge is 0.460 e. The van der Waals surface area contributed by atoms with Crippen LogP contribution >= 0.6 is 0 Å². The van der Waals surface area contributed by atoms with Gasteiger partial charge in [-0.25, -0.2) is 0 Å². The van der Waals surface area contributed by atoms with Gasteiger partial charge in [-0.15, -0.1) is 0 Å². The van der Waals surface area contributed by atoms with E-state index in [1.54, 1.807) is 6.92 Å². The minimum Gasteiger partial charge on any atom is -0.460 e. The van der Waals surface area contributed by atoms with E-state index in [-0.39, 0.29) is 6.61 Å². The number of aliphatic hydroxyl groups excluding tert-OH is 2. The van der Waals surface area contributed by atoms with Crippen LogP contribution in [0, 0.1) is 0 Å². The van der Waals surface area contributed by atoms with Crippen molar-refractivity contribution in [1.82, 2.24) is 10.6 Å². The Morgan fingerprint density at radius 2 is 1.73 bits per heavy atom. The molecule has 1 atom stereocenters. The first-order valence-corrected chi connectivity index (χ1v) is 7.60. The van der Waals surface area contributed by atoms with E-state index in [4.69, 9.17) is 9.52 Å². The summed E-state index contributed by atoms with van der Waals surface area (Å²) in [6.07, 6.45) is -0.454. The maximum Gasteiger partial charge on any atom is 0.134 e. The van der Waals surface area contributed by atoms with Gasteiger partial charge in [-0.05, 0) is 24.6 Å². The van der Waals surface area contributed by atoms with E-state index in [0.29, 0.717) is 13.1 Å². The van der Waals surface area contributed by atoms with Crippen LogP contribution in [0.15, 0.2) is 40.8 Å². The average Bonchev–Trinajstić information content (AvgIpc) is 3.00. The smallest absolute Gasteiger partial charge is 0.134 e. The molecule has 0 bridgehead atoms. The van der Waals surface area contributed by atoms with Gasteiger partial charge in [0.15, 0.2) is 0 Å². The highest BCUT2D eigenvalue weighted by atomic mass is 16.3. The third kappa shape index (κ3) is 4.96. The minimum absolute atomic E-state index is 0.162. The number of furan rings is 1. The van der Waals surface area contributed by atoms with E-state index in [0.717, 1.165) is 35.7 Å². The molecule has 2 rings (SSSR count). The van der Waals surface area contributed by atoms with Gasteiger partial charge in [0.25, 0.3) is 0 Å². The van der Waals surface area contributed by atoms with E-state index >= 15 is 0 Å². The van der Waals surface area contributed by atoms with E-state index in [1.165, 1.54) is 0 Å². The SMILES string of the molecule is CC(O)c1ccc(-c2ccc(CNCCNCCO)o2)cc1. The van der Waals surface area contributed by atoms with Gasteiger partial charge in [0.05, 0.1) is 19.3 Å². The molecule has 0 radical (unpaired) electrons. The first kappa shape index (κ1) is 16.7. The zero-order valence-corrected chi connectivity index (χ0v) is 12.9. The monoisotopic (exact) mass is 304 g/mol. The maximum atomic E-state index is 9.51. The third-order valence-electron chi connectivity index (χ3n) is 3.41. The number of nitrogens with one attached hydrogen (secondary N) is 2. The van der Waals surface area contributed by atoms with Gasteiger partial charge < -0.3 is 25.3 Å². The topological polar surface area (TPSA) is 77.7 Å². The quantitative estimate of drug-likeness (QED) is 0.530. The first-order chi connectivity index (χ1) is 10.7. The molecule has 5 heteroatoms. The summed E-state index contributed by atoms with van der Waals surface area (Å²) in [5.41, 5.74) is 1.90. The summed E-state index contributed by atoms with van der Waals surface area (Å²) in [7, 11) is 0. The van der Waals surface area contributed by atoms with Crippen LogP contribution in [0.2, 0.25) is 0 Å². The van der Waals surface area contributed by atoms with Crippen LogP contribution in [-0.2, 0) is 6.54 Å². The lowest BCUT2D eigenvalue weighted by Gasteiger charge is -2.05. The van der Waals surface area contributed by atoms with Crippen LogP contribution in [0.1, 0.15) is 24.4 Å². The summed E-state index contributed by atoms with van der Waals surface area (Å²) in [6.45, 7) is 4.84. The Hall–Kier alpha value is -1.66. The summed E-state index contributed by atoms with van der Waals surface area (Å²) < 4.78 is 5.81. The van der Waals surface area contributed by atoms with Crippen LogP contribution in [-0.4, -0.2) is 36.5 Å². The molecule has 0 aliphatic carbocycles. The molecular weight excluding hydrogens is 280 g/mol. The van der Waals surface area contributed by atoms with Gasteiger partial charge in [0, 0.05) is 25.2 Å². The van der Waals surface area contributed by atoms with Gasteiger partial charge in [-0.3, -0.25) is 0 Å². The number of rotatable bonds is 9. The number of hydrogen-bond donors (Lipinski definition) is 4. The predicted molar refractivity (Wildman–Crippen MR) is 86.4 cm³/mol. The summed E-state index contributed by atoms with van der Waals surface area (Å²) in [5.74, 6) is 1.71. The van der Waals surface area contributed by atoms with Crippen LogP contribution in [0.5, 0.6) is 0 Å². The Morgan fingerprint density at radius 3 is 2.41 bits per heavy atom. The maximum absolute atomic E-state index is 9.51. The first-order valence-electron chi connectivity index (χ1n) is 7.60. The molecule has 1 aromatic heterocycles. The molecule has 0 fully saturated rings. The minimum atomic E-state index is -0.454. The fourth-order valence-electron chi connectivity index (χ4n) is 2.15. The zero-order chi connectivity index (χ0) is 15.8. The summed E-state index contributed by atoms with van der Waals surface area (Å²) in [5, 5.41) is 24.5. The standard InChI is InChI=1S/C17H24N2O3/c1-13(21)14-2-4-15(5-3-14)17-7-6-16(22-17)12-19-9-8-18-10-11-20/h2-7,13,18-21H,8-12H2,1H3. The van der Waals surface area contributed by atoms with Crippen LogP contribution in [0.3, 0.4) is 0 Å². The fraction of sp³-hybridized carbons (Fsp3) is 0.412. The Kier molecular flexibility index (Phi) is 6.61. The normalized spacial score (nSPS) is 12.5. The summed E-state index contributed by atoms with van der Waals surface area (Å²) in [4.78, 5) is 0. The van der Waals surface area contributed by atoms with Crippen molar-refractivity contribution in [3.8, 4) is 11.3 Å². The molecule has 1 unspecified atom stereocenters. The Morgan fingerprint density at radius 1 is 1.00 bits per heavy atom. The number of benzene rings is 1. The molecule has 5 nitrogen and oxygen atoms in total. The van der Waals surface area contributed by atoms with Crippen LogP contribution in [0.25, 0.3) is 11.3 Å². The van der Waals surface area contributed by atoms with Gasteiger partial charge in [-0.1, -0.05) is 24.3 Å². The van der Waals surface area contributed by atoms with Crippen molar-refractivity contribution in [3.05, 3.63) is 47.7 Å². The van der Waals surface area contributed by atoms with E-state index < -0.39 is 6.10 Å². The highest BCUT2D eigenvalue weighted by Gasteiger charge is 2.06. The van der Waals surface area contributed by atoms with Crippen LogP contribution in [0.4, 0.5) is 0 Å². The average molecular weight is 304 g/mol. The molecule has 120 valence electrons. The van der Waals surface area contributed by atoms with Gasteiger partial charge in [0.1, 0.15) is 11.5 Å². The van der Waals surface area contributed by atoms with Crippen molar-refractivity contribution in [2.24, 2.45) is 0 Å². The van der Waals surface area contributed by atoms with Gasteiger partial charge in [0.2, 0.25) is 0 Å². The molecule has 0 aliphatic rings. The second-order valence-corrected chi connectivity index (χ2v) is 5.21. The Balaban J connectivity index is 1.83. The van der Waals surface area contributed by atoms with Crippen LogP contribution < -0.4 is 10.6 Å². The van der Waals surface area contributed by atoms with E-state index in [2.05, 4.69) is 10.6 Å². The lowest BCUT2D eigenvalue weighted by atomic mass is 10.1. The molecular formula is C17H24N2O3. The van der Waals surface area contributed by atoms with Gasteiger partial charge >= 0.3 is 0 Å². The number of aliphatic hydroxyl groups is 2. The van der Waals surface area contributed by atoms with Gasteiger partial charge in [-0.2, -0.15) is 0 Å². The molecule has 0 saturated heterocycles. The van der Waals surface area contributed by atoms with Crippen molar-refractivity contribution in [3.63, 3.8) is 0 Å². The van der Waals surface area contributed by atoms with E-state index in [1.807, 2.05) is 36.4 Å². The summed E-state index contributed by atoms with van der Waals surface area (Å²) in [6, 6.07) is 11.7. The zero-order valence-electron chi connectivity index (χ0n) is 12.9. The second-order valence-electron chi connectivity index (χ2n) is 5.21. The molecule has 22 heavy (non-hydrogen) atoms. The molecule has 0 amide bonds. The number of hydrogen-bond acceptors (Lipinski definition) is 5. The molecule has 0 spiro atoms. The predicted octanol–water partition coefficient (Wildman–Crippen LogP) is 1.67. The third-order valence-corrected chi connectivity index (χ3v) is 3.41. The molecule has 0 aliphatic heterocycles. The Labute approximate surface area is 131 Å². The molecule has 2 aromatic rings. The summed E-state index contributed by atoms with van der Waals surface area (Å²) >= 11 is 0. The van der Waals surface area contributed by atoms with Crippen molar-refractivity contribution in [2.45, 2.75) is 19.6 Å². The van der Waals surface area contributed by atoms with E-state index in [9.17, 15) is 5.11 Å². The lowest BCUT2D eigenvalue weighted by molar-refractivity contribution is 0.199. The fourth-order valence-corrected chi connectivity index (χ4v) is 2.15. The Bertz CT molecular complexity index is 549. The van der Waals surface area contributed by atoms with Crippen molar-refractivity contribution < 1.29 is 14.6 Å². The molecule has 0 saturated carbocycles. The molecule has 1 heterocycles. The second kappa shape index (κ2) is 8.70. The van der Waals surface area contributed by atoms with Crippen molar-refractivity contribution in [2.75, 3.05) is 26.2 Å².